The quantitative estimate of drug-likeness (QED) is 0.571. The second-order valence-corrected chi connectivity index (χ2v) is 6.36. The van der Waals surface area contributed by atoms with Crippen molar-refractivity contribution in [3.8, 4) is 11.5 Å². The fourth-order valence-corrected chi connectivity index (χ4v) is 2.80. The molecule has 0 spiro atoms. The molecule has 0 atom stereocenters. The molecular weight excluding hydrogens is 387 g/mol. The van der Waals surface area contributed by atoms with E-state index in [-0.39, 0.29) is 31.4 Å². The van der Waals surface area contributed by atoms with Gasteiger partial charge in [0, 0.05) is 24.2 Å². The Labute approximate surface area is 176 Å². The minimum absolute atomic E-state index is 0.0882. The van der Waals surface area contributed by atoms with E-state index in [9.17, 15) is 14.0 Å². The minimum Gasteiger partial charge on any atom is -0.490 e. The third kappa shape index (κ3) is 6.34. The lowest BCUT2D eigenvalue weighted by atomic mass is 10.2. The molecule has 0 fully saturated rings. The van der Waals surface area contributed by atoms with Crippen molar-refractivity contribution in [2.45, 2.75) is 20.4 Å². The Kier molecular flexibility index (Phi) is 8.87. The van der Waals surface area contributed by atoms with Gasteiger partial charge in [-0.1, -0.05) is 24.3 Å². The summed E-state index contributed by atoms with van der Waals surface area (Å²) in [6.07, 6.45) is 1.56. The molecule has 0 aliphatic carbocycles. The van der Waals surface area contributed by atoms with E-state index in [2.05, 4.69) is 11.9 Å². The van der Waals surface area contributed by atoms with Crippen LogP contribution in [0.3, 0.4) is 0 Å². The number of rotatable bonds is 11. The molecule has 160 valence electrons. The Bertz CT molecular complexity index is 885. The molecule has 2 aromatic rings. The third-order valence-electron chi connectivity index (χ3n) is 4.23. The minimum atomic E-state index is -0.420. The molecule has 0 bridgehead atoms. The summed E-state index contributed by atoms with van der Waals surface area (Å²) < 4.78 is 24.9. The predicted molar refractivity (Wildman–Crippen MR) is 113 cm³/mol. The number of nitrogens with one attached hydrogen (secondary N) is 1. The lowest BCUT2D eigenvalue weighted by Gasteiger charge is -2.22. The fourth-order valence-electron chi connectivity index (χ4n) is 2.80. The van der Waals surface area contributed by atoms with Crippen LogP contribution in [0.15, 0.2) is 55.1 Å². The summed E-state index contributed by atoms with van der Waals surface area (Å²) in [6, 6.07) is 11.1. The Morgan fingerprint density at radius 1 is 1.10 bits per heavy atom. The highest BCUT2D eigenvalue weighted by molar-refractivity contribution is 5.97. The third-order valence-corrected chi connectivity index (χ3v) is 4.23. The largest absolute Gasteiger partial charge is 0.490 e. The van der Waals surface area contributed by atoms with E-state index in [4.69, 9.17) is 9.47 Å². The van der Waals surface area contributed by atoms with Crippen LogP contribution in [0.2, 0.25) is 0 Å². The molecule has 7 heteroatoms. The Hall–Kier alpha value is -3.35. The van der Waals surface area contributed by atoms with Crippen molar-refractivity contribution < 1.29 is 23.5 Å². The van der Waals surface area contributed by atoms with Crippen molar-refractivity contribution in [3.63, 3.8) is 0 Å². The van der Waals surface area contributed by atoms with E-state index in [0.29, 0.717) is 35.8 Å². The van der Waals surface area contributed by atoms with Gasteiger partial charge in [0.05, 0.1) is 19.8 Å². The predicted octanol–water partition coefficient (Wildman–Crippen LogP) is 3.57. The fraction of sp³-hybridized carbons (Fsp3) is 0.304. The van der Waals surface area contributed by atoms with Gasteiger partial charge in [0.15, 0.2) is 11.5 Å². The number of benzene rings is 2. The highest BCUT2D eigenvalue weighted by Crippen LogP contribution is 2.28. The molecular formula is C23H27FN2O4. The van der Waals surface area contributed by atoms with Crippen LogP contribution >= 0.6 is 0 Å². The van der Waals surface area contributed by atoms with Crippen molar-refractivity contribution in [1.82, 2.24) is 10.2 Å². The second-order valence-electron chi connectivity index (χ2n) is 6.36. The first kappa shape index (κ1) is 22.9. The molecule has 0 heterocycles. The summed E-state index contributed by atoms with van der Waals surface area (Å²) in [4.78, 5) is 26.5. The SMILES string of the molecule is C=CCN(Cc1ccccc1F)C(=O)CNC(=O)c1ccc(OCC)c(OCC)c1. The zero-order valence-corrected chi connectivity index (χ0v) is 17.3. The van der Waals surface area contributed by atoms with E-state index < -0.39 is 5.91 Å². The Morgan fingerprint density at radius 2 is 1.80 bits per heavy atom. The number of halogens is 1. The van der Waals surface area contributed by atoms with Gasteiger partial charge in [0.1, 0.15) is 5.82 Å². The lowest BCUT2D eigenvalue weighted by molar-refractivity contribution is -0.130. The van der Waals surface area contributed by atoms with Crippen LogP contribution in [0.4, 0.5) is 4.39 Å². The molecule has 0 aliphatic heterocycles. The topological polar surface area (TPSA) is 67.9 Å². The maximum absolute atomic E-state index is 13.9. The maximum atomic E-state index is 13.9. The number of ether oxygens (including phenoxy) is 2. The summed E-state index contributed by atoms with van der Waals surface area (Å²) in [6.45, 7) is 8.34. The first-order chi connectivity index (χ1) is 14.5. The second kappa shape index (κ2) is 11.6. The number of hydrogen-bond donors (Lipinski definition) is 1. The summed E-state index contributed by atoms with van der Waals surface area (Å²) in [5.41, 5.74) is 0.742. The van der Waals surface area contributed by atoms with Crippen molar-refractivity contribution in [2.75, 3.05) is 26.3 Å². The molecule has 0 unspecified atom stereocenters. The number of hydrogen-bond acceptors (Lipinski definition) is 4. The van der Waals surface area contributed by atoms with Gasteiger partial charge < -0.3 is 19.7 Å². The van der Waals surface area contributed by atoms with Crippen molar-refractivity contribution in [3.05, 3.63) is 72.1 Å². The molecule has 0 saturated heterocycles. The number of carbonyl (C=O) groups excluding carboxylic acids is 2. The van der Waals surface area contributed by atoms with Gasteiger partial charge >= 0.3 is 0 Å². The van der Waals surface area contributed by atoms with Gasteiger partial charge in [0.2, 0.25) is 5.91 Å². The molecule has 2 rings (SSSR count). The van der Waals surface area contributed by atoms with Crippen molar-refractivity contribution in [2.24, 2.45) is 0 Å². The van der Waals surface area contributed by atoms with Gasteiger partial charge in [-0.2, -0.15) is 0 Å². The zero-order chi connectivity index (χ0) is 21.9. The van der Waals surface area contributed by atoms with Gasteiger partial charge in [-0.25, -0.2) is 4.39 Å². The van der Waals surface area contributed by atoms with Crippen LogP contribution in [0.1, 0.15) is 29.8 Å². The molecule has 0 aliphatic rings. The smallest absolute Gasteiger partial charge is 0.251 e. The van der Waals surface area contributed by atoms with Crippen LogP contribution in [-0.4, -0.2) is 43.0 Å². The zero-order valence-electron chi connectivity index (χ0n) is 17.3. The van der Waals surface area contributed by atoms with Gasteiger partial charge in [-0.15, -0.1) is 6.58 Å². The maximum Gasteiger partial charge on any atom is 0.251 e. The molecule has 0 aromatic heterocycles. The average Bonchev–Trinajstić information content (AvgIpc) is 2.74. The average molecular weight is 414 g/mol. The molecule has 1 N–H and O–H groups in total. The summed E-state index contributed by atoms with van der Waals surface area (Å²) >= 11 is 0. The van der Waals surface area contributed by atoms with Crippen LogP contribution in [0, 0.1) is 5.82 Å². The Balaban J connectivity index is 2.04. The summed E-state index contributed by atoms with van der Waals surface area (Å²) in [5.74, 6) is -0.138. The highest BCUT2D eigenvalue weighted by Gasteiger charge is 2.17. The van der Waals surface area contributed by atoms with E-state index in [0.717, 1.165) is 0 Å². The number of amides is 2. The van der Waals surface area contributed by atoms with Gasteiger partial charge in [0.25, 0.3) is 5.91 Å². The standard InChI is InChI=1S/C23H27FN2O4/c1-4-13-26(16-18-9-7-8-10-19(18)24)22(27)15-25-23(28)17-11-12-20(29-5-2)21(14-17)30-6-3/h4,7-12,14H,1,5-6,13,15-16H2,2-3H3,(H,25,28). The lowest BCUT2D eigenvalue weighted by Crippen LogP contribution is -2.40. The Morgan fingerprint density at radius 3 is 2.47 bits per heavy atom. The normalized spacial score (nSPS) is 10.2. The molecule has 2 aromatic carbocycles. The summed E-state index contributed by atoms with van der Waals surface area (Å²) in [7, 11) is 0. The first-order valence-electron chi connectivity index (χ1n) is 9.80. The van der Waals surface area contributed by atoms with Crippen LogP contribution in [0.25, 0.3) is 0 Å². The number of nitrogens with zero attached hydrogens (tertiary/aromatic N) is 1. The van der Waals surface area contributed by atoms with Crippen LogP contribution in [-0.2, 0) is 11.3 Å². The van der Waals surface area contributed by atoms with E-state index in [1.807, 2.05) is 13.8 Å². The molecule has 6 nitrogen and oxygen atoms in total. The number of carbonyl (C=O) groups is 2. The van der Waals surface area contributed by atoms with Gasteiger partial charge in [-0.05, 0) is 38.1 Å². The highest BCUT2D eigenvalue weighted by atomic mass is 19.1. The van der Waals surface area contributed by atoms with E-state index in [1.165, 1.54) is 11.0 Å². The first-order valence-corrected chi connectivity index (χ1v) is 9.80. The summed E-state index contributed by atoms with van der Waals surface area (Å²) in [5, 5.41) is 2.60. The monoisotopic (exact) mass is 414 g/mol. The molecule has 2 amide bonds. The van der Waals surface area contributed by atoms with E-state index in [1.54, 1.807) is 42.5 Å². The molecule has 0 saturated carbocycles. The molecule has 30 heavy (non-hydrogen) atoms. The van der Waals surface area contributed by atoms with Gasteiger partial charge in [-0.3, -0.25) is 9.59 Å². The van der Waals surface area contributed by atoms with Crippen molar-refractivity contribution >= 4 is 11.8 Å². The van der Waals surface area contributed by atoms with Crippen molar-refractivity contribution in [1.29, 1.82) is 0 Å². The van der Waals surface area contributed by atoms with Crippen LogP contribution < -0.4 is 14.8 Å². The molecule has 0 radical (unpaired) electrons. The van der Waals surface area contributed by atoms with Crippen LogP contribution in [0.5, 0.6) is 11.5 Å². The van der Waals surface area contributed by atoms with E-state index >= 15 is 0 Å².